The standard InChI is InChI=1S/C39H41FN8O7/c1-37(2,3)54-35(52)44-26-13-39(26)9-10-48(18-39)30-22(19-11-20-31(49)23(34(50)51)17-46(7)33(20)43-15-19)16-42-32-28(30)27-21(14-41)24(40)12-25(29(27)45-32)47(8)36(53)55-38(4,5)6/h11-12,15-17,26H,9-10,13,18H2,1-8H3,(H,42,45)(H,44,52)(H,50,51)/t26-,39?/m0/s1. The number of aromatic carboxylic acids is 1. The minimum atomic E-state index is -1.38. The van der Waals surface area contributed by atoms with Crippen LogP contribution in [0, 0.1) is 22.6 Å². The van der Waals surface area contributed by atoms with Crippen molar-refractivity contribution in [3.05, 3.63) is 57.9 Å². The molecule has 1 aliphatic carbocycles. The summed E-state index contributed by atoms with van der Waals surface area (Å²) in [5.74, 6) is -2.24. The summed E-state index contributed by atoms with van der Waals surface area (Å²) in [5.41, 5.74) is -0.831. The highest BCUT2D eigenvalue weighted by Gasteiger charge is 2.59. The zero-order valence-corrected chi connectivity index (χ0v) is 31.8. The van der Waals surface area contributed by atoms with Crippen LogP contribution in [0.5, 0.6) is 0 Å². The number of nitrogens with zero attached hydrogens (tertiary/aromatic N) is 6. The van der Waals surface area contributed by atoms with Gasteiger partial charge in [-0.05, 0) is 60.5 Å². The summed E-state index contributed by atoms with van der Waals surface area (Å²) < 4.78 is 28.6. The Kier molecular flexibility index (Phi) is 8.55. The highest BCUT2D eigenvalue weighted by atomic mass is 19.1. The lowest BCUT2D eigenvalue weighted by Crippen LogP contribution is -2.36. The average Bonchev–Trinajstić information content (AvgIpc) is 3.37. The zero-order valence-electron chi connectivity index (χ0n) is 31.8. The number of alkyl carbamates (subject to hydrolysis) is 1. The van der Waals surface area contributed by atoms with Crippen LogP contribution in [0.1, 0.15) is 70.3 Å². The van der Waals surface area contributed by atoms with E-state index in [9.17, 15) is 29.5 Å². The maximum Gasteiger partial charge on any atom is 0.414 e. The number of hydrogen-bond donors (Lipinski definition) is 3. The molecule has 1 saturated heterocycles. The first-order chi connectivity index (χ1) is 25.7. The summed E-state index contributed by atoms with van der Waals surface area (Å²) in [6, 6.07) is 4.50. The van der Waals surface area contributed by atoms with Gasteiger partial charge in [0.25, 0.3) is 0 Å². The van der Waals surface area contributed by atoms with Gasteiger partial charge in [-0.1, -0.05) is 0 Å². The number of hydrogen-bond acceptors (Lipinski definition) is 10. The van der Waals surface area contributed by atoms with E-state index in [4.69, 9.17) is 14.5 Å². The molecule has 5 heterocycles. The number of pyridine rings is 3. The van der Waals surface area contributed by atoms with Crippen LogP contribution in [0.15, 0.2) is 35.5 Å². The van der Waals surface area contributed by atoms with Gasteiger partial charge in [0, 0.05) is 79.8 Å². The molecule has 16 heteroatoms. The van der Waals surface area contributed by atoms with E-state index in [0.717, 1.165) is 6.07 Å². The SMILES string of the molecule is CN(C(=O)OC(C)(C)C)c1cc(F)c(C#N)c2c1[nH]c1ncc(-c3cnc4c(c3)c(=O)c(C(=O)O)cn4C)c(N3CCC4(C[C@@H]4NC(=O)OC(C)(C)C)C3)c12. The van der Waals surface area contributed by atoms with Crippen LogP contribution in [0.25, 0.3) is 44.1 Å². The van der Waals surface area contributed by atoms with Crippen molar-refractivity contribution < 1.29 is 33.4 Å². The van der Waals surface area contributed by atoms with E-state index < -0.39 is 46.2 Å². The molecule has 286 valence electrons. The Labute approximate surface area is 314 Å². The van der Waals surface area contributed by atoms with Crippen LogP contribution in [0.4, 0.5) is 25.4 Å². The van der Waals surface area contributed by atoms with Crippen molar-refractivity contribution >= 4 is 62.5 Å². The Morgan fingerprint density at radius 2 is 1.82 bits per heavy atom. The molecule has 5 aromatic rings. The van der Waals surface area contributed by atoms with E-state index in [1.807, 2.05) is 6.07 Å². The molecule has 0 radical (unpaired) electrons. The normalized spacial score (nSPS) is 18.2. The Bertz CT molecular complexity index is 2580. The largest absolute Gasteiger partial charge is 0.477 e. The number of carbonyl (C=O) groups excluding carboxylic acids is 2. The maximum atomic E-state index is 16.1. The van der Waals surface area contributed by atoms with Crippen LogP contribution in [0.3, 0.4) is 0 Å². The van der Waals surface area contributed by atoms with Crippen molar-refractivity contribution in [3.8, 4) is 17.2 Å². The summed E-state index contributed by atoms with van der Waals surface area (Å²) in [6.07, 6.45) is 4.46. The molecule has 1 unspecified atom stereocenters. The third-order valence-corrected chi connectivity index (χ3v) is 10.1. The van der Waals surface area contributed by atoms with Gasteiger partial charge in [0.1, 0.15) is 39.9 Å². The summed E-state index contributed by atoms with van der Waals surface area (Å²) in [5, 5.41) is 23.8. The minimum Gasteiger partial charge on any atom is -0.477 e. The molecular formula is C39H41FN8O7. The number of ether oxygens (including phenoxy) is 2. The van der Waals surface area contributed by atoms with Gasteiger partial charge < -0.3 is 34.3 Å². The lowest BCUT2D eigenvalue weighted by Gasteiger charge is -2.25. The number of carboxylic acid groups (broad SMARTS) is 1. The average molecular weight is 753 g/mol. The Morgan fingerprint density at radius 1 is 1.11 bits per heavy atom. The molecule has 1 saturated carbocycles. The van der Waals surface area contributed by atoms with Gasteiger partial charge in [-0.3, -0.25) is 9.69 Å². The van der Waals surface area contributed by atoms with Crippen molar-refractivity contribution in [2.24, 2.45) is 12.5 Å². The topological polar surface area (TPSA) is 196 Å². The van der Waals surface area contributed by atoms with E-state index in [1.54, 1.807) is 67.1 Å². The Morgan fingerprint density at radius 3 is 2.47 bits per heavy atom. The van der Waals surface area contributed by atoms with Gasteiger partial charge in [0.2, 0.25) is 5.43 Å². The van der Waals surface area contributed by atoms with Crippen molar-refractivity contribution in [1.82, 2.24) is 24.8 Å². The van der Waals surface area contributed by atoms with E-state index in [2.05, 4.69) is 20.2 Å². The quantitative estimate of drug-likeness (QED) is 0.185. The van der Waals surface area contributed by atoms with E-state index in [-0.39, 0.29) is 44.6 Å². The van der Waals surface area contributed by atoms with Crippen LogP contribution >= 0.6 is 0 Å². The molecule has 1 spiro atoms. The Balaban J connectivity index is 1.45. The van der Waals surface area contributed by atoms with Gasteiger partial charge in [-0.25, -0.2) is 28.7 Å². The number of aromatic amines is 1. The van der Waals surface area contributed by atoms with Crippen LogP contribution in [-0.4, -0.2) is 80.2 Å². The lowest BCUT2D eigenvalue weighted by molar-refractivity contribution is 0.0514. The van der Waals surface area contributed by atoms with Crippen molar-refractivity contribution in [2.75, 3.05) is 29.9 Å². The predicted molar refractivity (Wildman–Crippen MR) is 203 cm³/mol. The first kappa shape index (κ1) is 37.1. The summed E-state index contributed by atoms with van der Waals surface area (Å²) in [6.45, 7) is 11.5. The number of anilines is 2. The monoisotopic (exact) mass is 752 g/mol. The van der Waals surface area contributed by atoms with Gasteiger partial charge in [-0.2, -0.15) is 5.26 Å². The molecule has 15 nitrogen and oxygen atoms in total. The molecule has 1 aliphatic heterocycles. The number of aromatic nitrogens is 4. The molecule has 2 atom stereocenters. The number of nitriles is 1. The number of fused-ring (bicyclic) bond motifs is 4. The van der Waals surface area contributed by atoms with Crippen LogP contribution in [-0.2, 0) is 16.5 Å². The number of carbonyl (C=O) groups is 3. The van der Waals surface area contributed by atoms with Crippen LogP contribution < -0.4 is 20.5 Å². The van der Waals surface area contributed by atoms with Crippen molar-refractivity contribution in [1.29, 1.82) is 5.26 Å². The maximum absolute atomic E-state index is 16.1. The molecular weight excluding hydrogens is 711 g/mol. The summed E-state index contributed by atoms with van der Waals surface area (Å²) in [7, 11) is 3.04. The van der Waals surface area contributed by atoms with E-state index in [0.29, 0.717) is 53.8 Å². The second kappa shape index (κ2) is 12.7. The molecule has 7 rings (SSSR count). The van der Waals surface area contributed by atoms with Crippen molar-refractivity contribution in [3.63, 3.8) is 0 Å². The molecule has 55 heavy (non-hydrogen) atoms. The number of rotatable bonds is 5. The molecule has 3 N–H and O–H groups in total. The third kappa shape index (κ3) is 6.53. The molecule has 2 fully saturated rings. The fourth-order valence-corrected chi connectivity index (χ4v) is 7.51. The van der Waals surface area contributed by atoms with Crippen molar-refractivity contribution in [2.45, 2.75) is 71.6 Å². The first-order valence-corrected chi connectivity index (χ1v) is 17.7. The number of aryl methyl sites for hydroxylation is 1. The predicted octanol–water partition coefficient (Wildman–Crippen LogP) is 6.20. The fourth-order valence-electron chi connectivity index (χ4n) is 7.51. The number of halogens is 1. The molecule has 1 aromatic carbocycles. The number of H-pyrrole nitrogens is 1. The molecule has 0 bridgehead atoms. The minimum absolute atomic E-state index is 0.0663. The van der Waals surface area contributed by atoms with Gasteiger partial charge in [0.15, 0.2) is 0 Å². The van der Waals surface area contributed by atoms with E-state index >= 15 is 4.39 Å². The number of carboxylic acids is 1. The van der Waals surface area contributed by atoms with Gasteiger partial charge >= 0.3 is 18.2 Å². The van der Waals surface area contributed by atoms with E-state index in [1.165, 1.54) is 22.7 Å². The fraction of sp³-hybridized carbons (Fsp3) is 0.410. The summed E-state index contributed by atoms with van der Waals surface area (Å²) >= 11 is 0. The van der Waals surface area contributed by atoms with Crippen LogP contribution in [0.2, 0.25) is 0 Å². The third-order valence-electron chi connectivity index (χ3n) is 10.1. The molecule has 2 aliphatic rings. The second-order valence-corrected chi connectivity index (χ2v) is 16.3. The zero-order chi connectivity index (χ0) is 39.9. The smallest absolute Gasteiger partial charge is 0.414 e. The molecule has 2 amide bonds. The highest BCUT2D eigenvalue weighted by molar-refractivity contribution is 6.20. The van der Waals surface area contributed by atoms with Gasteiger partial charge in [0.05, 0.1) is 33.2 Å². The second-order valence-electron chi connectivity index (χ2n) is 16.3. The first-order valence-electron chi connectivity index (χ1n) is 17.7. The summed E-state index contributed by atoms with van der Waals surface area (Å²) in [4.78, 5) is 67.1. The molecule has 4 aromatic heterocycles. The number of amides is 2. The lowest BCUT2D eigenvalue weighted by atomic mass is 9.99. The Hall–Kier alpha value is -6.24. The number of benzene rings is 1. The highest BCUT2D eigenvalue weighted by Crippen LogP contribution is 2.56. The van der Waals surface area contributed by atoms with Gasteiger partial charge in [-0.15, -0.1) is 0 Å². The number of nitrogens with one attached hydrogen (secondary N) is 2.